The van der Waals surface area contributed by atoms with Crippen LogP contribution >= 0.6 is 11.6 Å². The van der Waals surface area contributed by atoms with Crippen LogP contribution in [0.1, 0.15) is 62.2 Å². The van der Waals surface area contributed by atoms with E-state index < -0.39 is 5.67 Å². The zero-order valence-electron chi connectivity index (χ0n) is 17.1. The molecular weight excluding hydrogens is 391 g/mol. The Morgan fingerprint density at radius 1 is 1.31 bits per heavy atom. The van der Waals surface area contributed by atoms with E-state index in [9.17, 15) is 9.18 Å². The SMILES string of the molecule is CC1(F)CCC(CNC(=O)c2cn(CC3CCCCO3)c3cccc(Cl)c23)CC1. The summed E-state index contributed by atoms with van der Waals surface area (Å²) in [7, 11) is 0. The lowest BCUT2D eigenvalue weighted by molar-refractivity contribution is 0.00667. The second-order valence-electron chi connectivity index (χ2n) is 8.88. The smallest absolute Gasteiger partial charge is 0.253 e. The highest BCUT2D eigenvalue weighted by Crippen LogP contribution is 2.34. The molecule has 2 fully saturated rings. The van der Waals surface area contributed by atoms with E-state index in [0.717, 1.165) is 49.7 Å². The molecule has 0 bridgehead atoms. The van der Waals surface area contributed by atoms with Gasteiger partial charge in [0.15, 0.2) is 0 Å². The normalized spacial score (nSPS) is 27.8. The summed E-state index contributed by atoms with van der Waals surface area (Å²) in [6.07, 6.45) is 8.18. The number of amides is 1. The Labute approximate surface area is 176 Å². The monoisotopic (exact) mass is 420 g/mol. The second kappa shape index (κ2) is 8.65. The molecule has 1 aromatic heterocycles. The van der Waals surface area contributed by atoms with E-state index in [2.05, 4.69) is 9.88 Å². The second-order valence-corrected chi connectivity index (χ2v) is 9.29. The van der Waals surface area contributed by atoms with Crippen LogP contribution < -0.4 is 5.32 Å². The van der Waals surface area contributed by atoms with Gasteiger partial charge < -0.3 is 14.6 Å². The fourth-order valence-corrected chi connectivity index (χ4v) is 4.89. The summed E-state index contributed by atoms with van der Waals surface area (Å²) in [6, 6.07) is 5.75. The van der Waals surface area contributed by atoms with Crippen LogP contribution in [0.2, 0.25) is 5.02 Å². The first-order chi connectivity index (χ1) is 13.9. The van der Waals surface area contributed by atoms with Gasteiger partial charge in [0.05, 0.1) is 22.2 Å². The number of halogens is 2. The fourth-order valence-electron chi connectivity index (χ4n) is 4.62. The van der Waals surface area contributed by atoms with E-state index >= 15 is 0 Å². The summed E-state index contributed by atoms with van der Waals surface area (Å²) in [6.45, 7) is 3.78. The number of hydrogen-bond acceptors (Lipinski definition) is 2. The number of nitrogens with zero attached hydrogens (tertiary/aromatic N) is 1. The minimum absolute atomic E-state index is 0.111. The van der Waals surface area contributed by atoms with Crippen LogP contribution in [0.25, 0.3) is 10.9 Å². The molecule has 1 aliphatic carbocycles. The molecule has 6 heteroatoms. The summed E-state index contributed by atoms with van der Waals surface area (Å²) in [5, 5.41) is 4.45. The van der Waals surface area contributed by atoms with E-state index in [-0.39, 0.29) is 12.0 Å². The van der Waals surface area contributed by atoms with Crippen molar-refractivity contribution in [1.82, 2.24) is 9.88 Å². The van der Waals surface area contributed by atoms with Crippen molar-refractivity contribution < 1.29 is 13.9 Å². The van der Waals surface area contributed by atoms with E-state index in [1.165, 1.54) is 6.42 Å². The number of fused-ring (bicyclic) bond motifs is 1. The maximum atomic E-state index is 14.0. The Kier molecular flexibility index (Phi) is 6.16. The van der Waals surface area contributed by atoms with Crippen molar-refractivity contribution in [2.75, 3.05) is 13.2 Å². The molecule has 1 atom stereocenters. The van der Waals surface area contributed by atoms with Crippen LogP contribution in [-0.2, 0) is 11.3 Å². The van der Waals surface area contributed by atoms with Gasteiger partial charge in [-0.15, -0.1) is 0 Å². The Hall–Kier alpha value is -1.59. The van der Waals surface area contributed by atoms with Gasteiger partial charge in [-0.3, -0.25) is 4.79 Å². The lowest BCUT2D eigenvalue weighted by Gasteiger charge is -2.31. The van der Waals surface area contributed by atoms with Crippen molar-refractivity contribution in [3.8, 4) is 0 Å². The van der Waals surface area contributed by atoms with Gasteiger partial charge in [-0.1, -0.05) is 17.7 Å². The molecule has 4 nitrogen and oxygen atoms in total. The highest BCUT2D eigenvalue weighted by Gasteiger charge is 2.31. The Balaban J connectivity index is 1.49. The minimum atomic E-state index is -1.05. The molecule has 1 unspecified atom stereocenters. The van der Waals surface area contributed by atoms with Gasteiger partial charge in [0, 0.05) is 31.3 Å². The summed E-state index contributed by atoms with van der Waals surface area (Å²) in [5.41, 5.74) is 0.512. The van der Waals surface area contributed by atoms with Crippen molar-refractivity contribution in [1.29, 1.82) is 0 Å². The minimum Gasteiger partial charge on any atom is -0.376 e. The number of ether oxygens (including phenoxy) is 1. The number of nitrogens with one attached hydrogen (secondary N) is 1. The Morgan fingerprint density at radius 3 is 2.83 bits per heavy atom. The first-order valence-corrected chi connectivity index (χ1v) is 11.2. The predicted octanol–water partition coefficient (Wildman–Crippen LogP) is 5.51. The summed E-state index contributed by atoms with van der Waals surface area (Å²) in [4.78, 5) is 13.0. The maximum Gasteiger partial charge on any atom is 0.253 e. The summed E-state index contributed by atoms with van der Waals surface area (Å²) in [5.74, 6) is 0.224. The first kappa shape index (κ1) is 20.7. The molecule has 4 rings (SSSR count). The topological polar surface area (TPSA) is 43.3 Å². The largest absolute Gasteiger partial charge is 0.376 e. The molecule has 1 aromatic carbocycles. The number of rotatable bonds is 5. The molecule has 1 amide bonds. The zero-order chi connectivity index (χ0) is 20.4. The molecule has 29 heavy (non-hydrogen) atoms. The molecule has 0 radical (unpaired) electrons. The van der Waals surface area contributed by atoms with Gasteiger partial charge in [-0.05, 0) is 69.9 Å². The molecule has 2 aromatic rings. The highest BCUT2D eigenvalue weighted by atomic mass is 35.5. The van der Waals surface area contributed by atoms with Crippen LogP contribution in [0, 0.1) is 5.92 Å². The van der Waals surface area contributed by atoms with Gasteiger partial charge >= 0.3 is 0 Å². The number of carbonyl (C=O) groups excluding carboxylic acids is 1. The van der Waals surface area contributed by atoms with Gasteiger partial charge in [-0.25, -0.2) is 4.39 Å². The first-order valence-electron chi connectivity index (χ1n) is 10.8. The van der Waals surface area contributed by atoms with Crippen molar-refractivity contribution >= 4 is 28.4 Å². The maximum absolute atomic E-state index is 14.0. The average Bonchev–Trinajstić information content (AvgIpc) is 3.08. The number of alkyl halides is 1. The van der Waals surface area contributed by atoms with E-state index in [1.807, 2.05) is 24.4 Å². The van der Waals surface area contributed by atoms with E-state index in [1.54, 1.807) is 6.92 Å². The third-order valence-electron chi connectivity index (χ3n) is 6.47. The van der Waals surface area contributed by atoms with Gasteiger partial charge in [0.2, 0.25) is 0 Å². The highest BCUT2D eigenvalue weighted by molar-refractivity contribution is 6.36. The van der Waals surface area contributed by atoms with Gasteiger partial charge in [0.25, 0.3) is 5.91 Å². The van der Waals surface area contributed by atoms with E-state index in [4.69, 9.17) is 16.3 Å². The number of benzene rings is 1. The van der Waals surface area contributed by atoms with Crippen LogP contribution in [0.4, 0.5) is 4.39 Å². The fraction of sp³-hybridized carbons (Fsp3) is 0.609. The zero-order valence-corrected chi connectivity index (χ0v) is 17.8. The van der Waals surface area contributed by atoms with E-state index in [0.29, 0.717) is 35.9 Å². The van der Waals surface area contributed by atoms with Crippen LogP contribution in [0.3, 0.4) is 0 Å². The van der Waals surface area contributed by atoms with Crippen molar-refractivity contribution in [2.45, 2.75) is 70.2 Å². The molecule has 158 valence electrons. The molecule has 1 N–H and O–H groups in total. The van der Waals surface area contributed by atoms with Crippen LogP contribution in [0.5, 0.6) is 0 Å². The molecule has 2 aliphatic rings. The Morgan fingerprint density at radius 2 is 2.10 bits per heavy atom. The predicted molar refractivity (Wildman–Crippen MR) is 114 cm³/mol. The van der Waals surface area contributed by atoms with Crippen LogP contribution in [-0.4, -0.2) is 35.4 Å². The van der Waals surface area contributed by atoms with Crippen LogP contribution in [0.15, 0.2) is 24.4 Å². The lowest BCUT2D eigenvalue weighted by atomic mass is 9.81. The van der Waals surface area contributed by atoms with Gasteiger partial charge in [-0.2, -0.15) is 0 Å². The quantitative estimate of drug-likeness (QED) is 0.692. The number of aromatic nitrogens is 1. The standard InChI is InChI=1S/C23H30ClFN2O2/c1-23(25)10-8-16(9-11-23)13-26-22(28)18-15-27(14-17-5-2-3-12-29-17)20-7-4-6-19(24)21(18)20/h4,6-7,15-17H,2-3,5,8-14H2,1H3,(H,26,28). The summed E-state index contributed by atoms with van der Waals surface area (Å²) < 4.78 is 22.0. The molecule has 1 aliphatic heterocycles. The van der Waals surface area contributed by atoms with Gasteiger partial charge in [0.1, 0.15) is 5.67 Å². The molecule has 2 heterocycles. The number of hydrogen-bond donors (Lipinski definition) is 1. The Bertz CT molecular complexity index is 863. The van der Waals surface area contributed by atoms with Crippen molar-refractivity contribution in [3.63, 3.8) is 0 Å². The third kappa shape index (κ3) is 4.77. The number of carbonyl (C=O) groups is 1. The third-order valence-corrected chi connectivity index (χ3v) is 6.79. The van der Waals surface area contributed by atoms with Crippen molar-refractivity contribution in [3.05, 3.63) is 35.0 Å². The molecular formula is C23H30ClFN2O2. The molecule has 1 saturated heterocycles. The van der Waals surface area contributed by atoms with Crippen molar-refractivity contribution in [2.24, 2.45) is 5.92 Å². The molecule has 0 spiro atoms. The average molecular weight is 421 g/mol. The molecule has 1 saturated carbocycles. The lowest BCUT2D eigenvalue weighted by Crippen LogP contribution is -2.34. The summed E-state index contributed by atoms with van der Waals surface area (Å²) >= 11 is 6.48.